The van der Waals surface area contributed by atoms with Gasteiger partial charge in [0.25, 0.3) is 0 Å². The van der Waals surface area contributed by atoms with Crippen LogP contribution in [0, 0.1) is 5.82 Å². The molecule has 2 rings (SSSR count). The zero-order valence-electron chi connectivity index (χ0n) is 5.96. The highest BCUT2D eigenvalue weighted by atomic mass is 79.9. The molecule has 0 aliphatic carbocycles. The third-order valence-corrected chi connectivity index (χ3v) is 2.19. The van der Waals surface area contributed by atoms with Gasteiger partial charge in [-0.05, 0) is 22.0 Å². The molecule has 0 aromatic carbocycles. The van der Waals surface area contributed by atoms with Crippen molar-refractivity contribution in [2.24, 2.45) is 0 Å². The summed E-state index contributed by atoms with van der Waals surface area (Å²) in [5.41, 5.74) is 6.14. The summed E-state index contributed by atoms with van der Waals surface area (Å²) < 4.78 is 14.8. The number of pyridine rings is 1. The van der Waals surface area contributed by atoms with Crippen molar-refractivity contribution in [3.63, 3.8) is 0 Å². The van der Waals surface area contributed by atoms with E-state index in [0.717, 1.165) is 0 Å². The summed E-state index contributed by atoms with van der Waals surface area (Å²) in [5, 5.41) is 0. The third kappa shape index (κ3) is 0.972. The molecule has 0 radical (unpaired) electrons. The lowest BCUT2D eigenvalue weighted by Crippen LogP contribution is -1.93. The molecule has 0 aliphatic rings. The molecule has 0 saturated carbocycles. The van der Waals surface area contributed by atoms with E-state index in [2.05, 4.69) is 20.9 Å². The summed E-state index contributed by atoms with van der Waals surface area (Å²) in [6.45, 7) is 0. The molecule has 2 aromatic rings. The van der Waals surface area contributed by atoms with Crippen LogP contribution in [0.5, 0.6) is 0 Å². The van der Waals surface area contributed by atoms with Crippen LogP contribution in [-0.4, -0.2) is 9.38 Å². The number of halogens is 2. The van der Waals surface area contributed by atoms with Gasteiger partial charge in [-0.1, -0.05) is 0 Å². The van der Waals surface area contributed by atoms with Gasteiger partial charge in [0, 0.05) is 6.20 Å². The Morgan fingerprint density at radius 1 is 1.58 bits per heavy atom. The SMILES string of the molecule is Nc1cnc2cc(Br)c(F)cn12. The monoisotopic (exact) mass is 229 g/mol. The molecule has 0 bridgehead atoms. The minimum atomic E-state index is -0.354. The highest BCUT2D eigenvalue weighted by Crippen LogP contribution is 2.18. The first-order valence-corrected chi connectivity index (χ1v) is 4.05. The minimum absolute atomic E-state index is 0.354. The molecule has 0 amide bonds. The van der Waals surface area contributed by atoms with E-state index < -0.39 is 0 Å². The first-order chi connectivity index (χ1) is 5.68. The van der Waals surface area contributed by atoms with Crippen LogP contribution >= 0.6 is 15.9 Å². The van der Waals surface area contributed by atoms with E-state index in [-0.39, 0.29) is 5.82 Å². The van der Waals surface area contributed by atoms with E-state index in [1.165, 1.54) is 16.8 Å². The Morgan fingerprint density at radius 3 is 3.08 bits per heavy atom. The smallest absolute Gasteiger partial charge is 0.154 e. The Labute approximate surface area is 76.1 Å². The summed E-state index contributed by atoms with van der Waals surface area (Å²) in [5.74, 6) is 0.0728. The molecular formula is C7H5BrFN3. The van der Waals surface area contributed by atoms with Gasteiger partial charge in [-0.2, -0.15) is 0 Å². The average Bonchev–Trinajstić information content (AvgIpc) is 2.35. The molecule has 0 atom stereocenters. The van der Waals surface area contributed by atoms with Gasteiger partial charge < -0.3 is 5.73 Å². The molecule has 0 aliphatic heterocycles. The quantitative estimate of drug-likeness (QED) is 0.749. The second-order valence-corrected chi connectivity index (χ2v) is 3.23. The van der Waals surface area contributed by atoms with Crippen LogP contribution in [-0.2, 0) is 0 Å². The maximum Gasteiger partial charge on any atom is 0.154 e. The number of aromatic nitrogens is 2. The number of hydrogen-bond donors (Lipinski definition) is 1. The number of hydrogen-bond acceptors (Lipinski definition) is 2. The second-order valence-electron chi connectivity index (χ2n) is 2.38. The molecule has 2 N–H and O–H groups in total. The van der Waals surface area contributed by atoms with E-state index in [4.69, 9.17) is 5.73 Å². The molecule has 2 heterocycles. The van der Waals surface area contributed by atoms with Crippen molar-refractivity contribution >= 4 is 27.4 Å². The first-order valence-electron chi connectivity index (χ1n) is 3.26. The summed E-state index contributed by atoms with van der Waals surface area (Å²) in [7, 11) is 0. The fourth-order valence-corrected chi connectivity index (χ4v) is 1.30. The van der Waals surface area contributed by atoms with Gasteiger partial charge in [0.15, 0.2) is 5.82 Å². The number of nitrogens with zero attached hydrogens (tertiary/aromatic N) is 2. The number of nitrogens with two attached hydrogens (primary N) is 1. The van der Waals surface area contributed by atoms with Gasteiger partial charge >= 0.3 is 0 Å². The van der Waals surface area contributed by atoms with Crippen molar-refractivity contribution in [1.29, 1.82) is 0 Å². The Bertz CT molecular complexity index is 437. The van der Waals surface area contributed by atoms with E-state index in [1.807, 2.05) is 0 Å². The van der Waals surface area contributed by atoms with Gasteiger partial charge in [-0.25, -0.2) is 9.37 Å². The molecular weight excluding hydrogens is 225 g/mol. The summed E-state index contributed by atoms with van der Waals surface area (Å²) in [6.07, 6.45) is 2.78. The van der Waals surface area contributed by atoms with Crippen LogP contribution in [0.2, 0.25) is 0 Å². The fourth-order valence-electron chi connectivity index (χ4n) is 0.994. The molecule has 0 saturated heterocycles. The third-order valence-electron chi connectivity index (χ3n) is 1.58. The number of imidazole rings is 1. The van der Waals surface area contributed by atoms with Crippen LogP contribution in [0.25, 0.3) is 5.65 Å². The second kappa shape index (κ2) is 2.45. The van der Waals surface area contributed by atoms with Gasteiger partial charge in [-0.15, -0.1) is 0 Å². The predicted molar refractivity (Wildman–Crippen MR) is 47.3 cm³/mol. The number of anilines is 1. The molecule has 0 spiro atoms. The maximum absolute atomic E-state index is 13.0. The maximum atomic E-state index is 13.0. The van der Waals surface area contributed by atoms with Crippen molar-refractivity contribution in [2.45, 2.75) is 0 Å². The average molecular weight is 230 g/mol. The van der Waals surface area contributed by atoms with Crippen LogP contribution in [0.3, 0.4) is 0 Å². The summed E-state index contributed by atoms with van der Waals surface area (Å²) in [4.78, 5) is 3.96. The molecule has 0 fully saturated rings. The van der Waals surface area contributed by atoms with Crippen molar-refractivity contribution in [2.75, 3.05) is 5.73 Å². The molecule has 62 valence electrons. The molecule has 0 unspecified atom stereocenters. The zero-order chi connectivity index (χ0) is 8.72. The Balaban J connectivity index is 2.87. The van der Waals surface area contributed by atoms with Crippen LogP contribution in [0.4, 0.5) is 10.2 Å². The van der Waals surface area contributed by atoms with Gasteiger partial charge in [0.05, 0.1) is 10.7 Å². The Hall–Kier alpha value is -1.10. The lowest BCUT2D eigenvalue weighted by molar-refractivity contribution is 0.613. The highest BCUT2D eigenvalue weighted by molar-refractivity contribution is 9.10. The largest absolute Gasteiger partial charge is 0.383 e. The lowest BCUT2D eigenvalue weighted by atomic mass is 10.4. The van der Waals surface area contributed by atoms with Crippen molar-refractivity contribution < 1.29 is 4.39 Å². The van der Waals surface area contributed by atoms with Crippen molar-refractivity contribution in [3.05, 3.63) is 28.7 Å². The standard InChI is InChI=1S/C7H5BrFN3/c8-4-1-7-11-2-6(10)12(7)3-5(4)9/h1-3H,10H2. The van der Waals surface area contributed by atoms with E-state index >= 15 is 0 Å². The molecule has 3 nitrogen and oxygen atoms in total. The Kier molecular flexibility index (Phi) is 1.54. The molecule has 5 heteroatoms. The number of rotatable bonds is 0. The van der Waals surface area contributed by atoms with Crippen LogP contribution in [0.1, 0.15) is 0 Å². The van der Waals surface area contributed by atoms with Gasteiger partial charge in [-0.3, -0.25) is 4.40 Å². The van der Waals surface area contributed by atoms with Gasteiger partial charge in [0.1, 0.15) is 11.5 Å². The Morgan fingerprint density at radius 2 is 2.33 bits per heavy atom. The van der Waals surface area contributed by atoms with E-state index in [9.17, 15) is 4.39 Å². The molecule has 12 heavy (non-hydrogen) atoms. The first kappa shape index (κ1) is 7.54. The topological polar surface area (TPSA) is 43.3 Å². The van der Waals surface area contributed by atoms with Crippen molar-refractivity contribution in [1.82, 2.24) is 9.38 Å². The normalized spacial score (nSPS) is 10.8. The summed E-state index contributed by atoms with van der Waals surface area (Å²) in [6, 6.07) is 1.58. The minimum Gasteiger partial charge on any atom is -0.383 e. The number of nitrogen functional groups attached to an aromatic ring is 1. The fraction of sp³-hybridized carbons (Fsp3) is 0. The van der Waals surface area contributed by atoms with Gasteiger partial charge in [0.2, 0.25) is 0 Å². The van der Waals surface area contributed by atoms with E-state index in [0.29, 0.717) is 15.9 Å². The molecule has 2 aromatic heterocycles. The van der Waals surface area contributed by atoms with E-state index in [1.54, 1.807) is 6.07 Å². The van der Waals surface area contributed by atoms with Crippen LogP contribution < -0.4 is 5.73 Å². The lowest BCUT2D eigenvalue weighted by Gasteiger charge is -1.97. The van der Waals surface area contributed by atoms with Crippen LogP contribution in [0.15, 0.2) is 22.9 Å². The zero-order valence-corrected chi connectivity index (χ0v) is 7.55. The summed E-state index contributed by atoms with van der Waals surface area (Å²) >= 11 is 3.06. The highest BCUT2D eigenvalue weighted by Gasteiger charge is 2.04. The van der Waals surface area contributed by atoms with Crippen molar-refractivity contribution in [3.8, 4) is 0 Å². The number of fused-ring (bicyclic) bond motifs is 1. The predicted octanol–water partition coefficient (Wildman–Crippen LogP) is 1.82.